The molecule has 0 radical (unpaired) electrons. The maximum atomic E-state index is 14.7. The molecule has 126 valence electrons. The molecular weight excluding hydrogens is 332 g/mol. The van der Waals surface area contributed by atoms with E-state index in [1.165, 1.54) is 17.2 Å². The quantitative estimate of drug-likeness (QED) is 0.606. The monoisotopic (exact) mass is 347 g/mol. The standard InChI is InChI=1S/C11H15FN5O5P/c12-6-8(21-4-23(19)20)5(1-18)22-11(6)17-3-16-7-9(13)14-2-15-10(7)17/h2-3,5-6,8,11,18,23H,1,4H2,(H,19,20)(H2,13,14,15)/t5-,6?,8?,11-/m1/s1. The number of aliphatic hydroxyl groups is 1. The van der Waals surface area contributed by atoms with Gasteiger partial charge in [-0.25, -0.2) is 19.3 Å². The Morgan fingerprint density at radius 3 is 2.96 bits per heavy atom. The summed E-state index contributed by atoms with van der Waals surface area (Å²) in [5.41, 5.74) is 6.26. The summed E-state index contributed by atoms with van der Waals surface area (Å²) in [4.78, 5) is 20.7. The van der Waals surface area contributed by atoms with Crippen molar-refractivity contribution >= 4 is 25.0 Å². The molecule has 10 nitrogen and oxygen atoms in total. The van der Waals surface area contributed by atoms with Crippen molar-refractivity contribution < 1.29 is 28.4 Å². The third-order valence-corrected chi connectivity index (χ3v) is 3.92. The zero-order valence-electron chi connectivity index (χ0n) is 11.7. The van der Waals surface area contributed by atoms with E-state index in [1.54, 1.807) is 0 Å². The first-order valence-corrected chi connectivity index (χ1v) is 8.26. The second-order valence-electron chi connectivity index (χ2n) is 4.94. The Hall–Kier alpha value is -1.65. The number of imidazole rings is 1. The first-order chi connectivity index (χ1) is 11.0. The van der Waals surface area contributed by atoms with Crippen molar-refractivity contribution in [2.24, 2.45) is 0 Å². The number of halogens is 1. The van der Waals surface area contributed by atoms with Gasteiger partial charge in [-0.3, -0.25) is 9.13 Å². The lowest BCUT2D eigenvalue weighted by atomic mass is 10.1. The highest BCUT2D eigenvalue weighted by Crippen LogP contribution is 2.36. The minimum absolute atomic E-state index is 0.146. The molecule has 1 aliphatic heterocycles. The van der Waals surface area contributed by atoms with Crippen LogP contribution in [0.3, 0.4) is 0 Å². The molecule has 0 bridgehead atoms. The zero-order valence-corrected chi connectivity index (χ0v) is 12.7. The van der Waals surface area contributed by atoms with Gasteiger partial charge in [-0.2, -0.15) is 0 Å². The van der Waals surface area contributed by atoms with Crippen molar-refractivity contribution in [3.05, 3.63) is 12.7 Å². The average Bonchev–Trinajstić information content (AvgIpc) is 3.07. The molecule has 1 fully saturated rings. The highest BCUT2D eigenvalue weighted by molar-refractivity contribution is 7.37. The highest BCUT2D eigenvalue weighted by Gasteiger charge is 2.47. The first-order valence-electron chi connectivity index (χ1n) is 6.69. The zero-order chi connectivity index (χ0) is 16.6. The van der Waals surface area contributed by atoms with Crippen LogP contribution in [0.4, 0.5) is 10.2 Å². The van der Waals surface area contributed by atoms with Gasteiger partial charge in [-0.15, -0.1) is 0 Å². The number of aliphatic hydroxyl groups excluding tert-OH is 1. The summed E-state index contributed by atoms with van der Waals surface area (Å²) in [5, 5.41) is 9.32. The van der Waals surface area contributed by atoms with Crippen molar-refractivity contribution in [2.45, 2.75) is 24.6 Å². The summed E-state index contributed by atoms with van der Waals surface area (Å²) in [7, 11) is -2.92. The molecular formula is C11H15FN5O5P. The molecule has 3 rings (SSSR count). The third-order valence-electron chi connectivity index (χ3n) is 3.51. The van der Waals surface area contributed by atoms with Gasteiger partial charge in [0.15, 0.2) is 23.9 Å². The van der Waals surface area contributed by atoms with Gasteiger partial charge < -0.3 is 25.2 Å². The highest BCUT2D eigenvalue weighted by atomic mass is 31.1. The van der Waals surface area contributed by atoms with Gasteiger partial charge >= 0.3 is 0 Å². The van der Waals surface area contributed by atoms with Crippen LogP contribution in [0.15, 0.2) is 12.7 Å². The molecule has 12 heteroatoms. The fraction of sp³-hybridized carbons (Fsp3) is 0.545. The summed E-state index contributed by atoms with van der Waals surface area (Å²) in [6.45, 7) is -0.502. The Balaban J connectivity index is 1.90. The second-order valence-corrected chi connectivity index (χ2v) is 6.02. The normalized spacial score (nSPS) is 29.2. The van der Waals surface area contributed by atoms with Gasteiger partial charge in [0.1, 0.15) is 30.4 Å². The largest absolute Gasteiger partial charge is 0.394 e. The molecule has 0 saturated carbocycles. The number of alkyl halides is 1. The SMILES string of the molecule is Nc1ncnc2c1ncn2[C@@H]1O[C@H](CO)C(OC[PH](=O)O)C1F. The van der Waals surface area contributed by atoms with Crippen LogP contribution in [0.1, 0.15) is 6.23 Å². The molecule has 0 spiro atoms. The molecule has 4 N–H and O–H groups in total. The fourth-order valence-corrected chi connectivity index (χ4v) is 2.82. The van der Waals surface area contributed by atoms with Gasteiger partial charge in [-0.1, -0.05) is 0 Å². The van der Waals surface area contributed by atoms with Crippen LogP contribution < -0.4 is 5.73 Å². The first kappa shape index (κ1) is 16.2. The van der Waals surface area contributed by atoms with E-state index in [-0.39, 0.29) is 11.5 Å². The number of nitrogens with two attached hydrogens (primary N) is 1. The van der Waals surface area contributed by atoms with Crippen LogP contribution >= 0.6 is 8.03 Å². The summed E-state index contributed by atoms with van der Waals surface area (Å²) in [6.07, 6.45) is -3.00. The summed E-state index contributed by atoms with van der Waals surface area (Å²) in [6, 6.07) is 0. The van der Waals surface area contributed by atoms with E-state index in [0.29, 0.717) is 5.52 Å². The van der Waals surface area contributed by atoms with Gasteiger partial charge in [0.05, 0.1) is 12.9 Å². The van der Waals surface area contributed by atoms with Crippen molar-refractivity contribution in [2.75, 3.05) is 18.7 Å². The van der Waals surface area contributed by atoms with E-state index in [1.807, 2.05) is 0 Å². The summed E-state index contributed by atoms with van der Waals surface area (Å²) >= 11 is 0. The number of hydrogen-bond acceptors (Lipinski definition) is 8. The van der Waals surface area contributed by atoms with Crippen LogP contribution in [-0.2, 0) is 14.0 Å². The van der Waals surface area contributed by atoms with Crippen LogP contribution in [0.25, 0.3) is 11.2 Å². The number of nitrogen functional groups attached to an aromatic ring is 1. The van der Waals surface area contributed by atoms with Crippen molar-refractivity contribution in [3.63, 3.8) is 0 Å². The molecule has 1 aliphatic rings. The smallest absolute Gasteiger partial charge is 0.214 e. The Kier molecular flexibility index (Phi) is 4.55. The minimum Gasteiger partial charge on any atom is -0.394 e. The number of rotatable bonds is 5. The fourth-order valence-electron chi connectivity index (χ4n) is 2.49. The van der Waals surface area contributed by atoms with Crippen LogP contribution in [-0.4, -0.2) is 60.9 Å². The molecule has 2 aromatic heterocycles. The Morgan fingerprint density at radius 2 is 2.26 bits per heavy atom. The van der Waals surface area contributed by atoms with Crippen LogP contribution in [0.2, 0.25) is 0 Å². The van der Waals surface area contributed by atoms with E-state index in [9.17, 15) is 14.1 Å². The number of fused-ring (bicyclic) bond motifs is 1. The van der Waals surface area contributed by atoms with Crippen molar-refractivity contribution in [1.29, 1.82) is 0 Å². The lowest BCUT2D eigenvalue weighted by Crippen LogP contribution is -2.33. The van der Waals surface area contributed by atoms with Gasteiger partial charge in [0, 0.05) is 0 Å². The summed E-state index contributed by atoms with van der Waals surface area (Å²) < 4.78 is 37.3. The molecule has 0 amide bonds. The lowest BCUT2D eigenvalue weighted by molar-refractivity contribution is -0.0545. The maximum Gasteiger partial charge on any atom is 0.214 e. The predicted octanol–water partition coefficient (Wildman–Crippen LogP) is -0.554. The molecule has 1 saturated heterocycles. The second kappa shape index (κ2) is 6.46. The molecule has 3 unspecified atom stereocenters. The Morgan fingerprint density at radius 1 is 1.48 bits per heavy atom. The topological polar surface area (TPSA) is 146 Å². The molecule has 23 heavy (non-hydrogen) atoms. The number of anilines is 1. The number of nitrogens with zero attached hydrogens (tertiary/aromatic N) is 4. The molecule has 3 heterocycles. The van der Waals surface area contributed by atoms with Crippen LogP contribution in [0.5, 0.6) is 0 Å². The Labute approximate surface area is 129 Å². The van der Waals surface area contributed by atoms with Crippen molar-refractivity contribution in [1.82, 2.24) is 19.5 Å². The van der Waals surface area contributed by atoms with Crippen molar-refractivity contribution in [3.8, 4) is 0 Å². The minimum atomic E-state index is -2.92. The third kappa shape index (κ3) is 2.93. The van der Waals surface area contributed by atoms with Gasteiger partial charge in [-0.05, 0) is 0 Å². The molecule has 0 aliphatic carbocycles. The summed E-state index contributed by atoms with van der Waals surface area (Å²) in [5.74, 6) is 0.146. The number of aromatic nitrogens is 4. The van der Waals surface area contributed by atoms with E-state index < -0.39 is 45.6 Å². The Bertz CT molecular complexity index is 730. The van der Waals surface area contributed by atoms with E-state index in [2.05, 4.69) is 15.0 Å². The molecule has 2 aromatic rings. The molecule has 0 aromatic carbocycles. The molecule has 5 atom stereocenters. The van der Waals surface area contributed by atoms with Crippen LogP contribution in [0, 0.1) is 0 Å². The number of ether oxygens (including phenoxy) is 2. The van der Waals surface area contributed by atoms with E-state index >= 15 is 0 Å². The van der Waals surface area contributed by atoms with E-state index in [4.69, 9.17) is 20.1 Å². The van der Waals surface area contributed by atoms with Gasteiger partial charge in [0.25, 0.3) is 0 Å². The van der Waals surface area contributed by atoms with E-state index in [0.717, 1.165) is 0 Å². The number of hydrogen-bond donors (Lipinski definition) is 3. The van der Waals surface area contributed by atoms with Gasteiger partial charge in [0.2, 0.25) is 8.03 Å². The maximum absolute atomic E-state index is 14.7. The average molecular weight is 347 g/mol. The predicted molar refractivity (Wildman–Crippen MR) is 76.6 cm³/mol. The lowest BCUT2D eigenvalue weighted by Gasteiger charge is -2.17.